The quantitative estimate of drug-likeness (QED) is 0.587. The number of amides is 2. The SMILES string of the molecule is Cc1ccc(N2C(=O)c3cc(-c4cccs4)nn3C[C@@]2(C)C(=O)NC2CCCCC2)cc1C. The topological polar surface area (TPSA) is 67.2 Å². The number of carbonyl (C=O) groups is 2. The van der Waals surface area contributed by atoms with E-state index < -0.39 is 5.54 Å². The van der Waals surface area contributed by atoms with Gasteiger partial charge in [0.05, 0.1) is 11.4 Å². The number of carbonyl (C=O) groups excluding carboxylic acids is 2. The number of nitrogens with one attached hydrogen (secondary N) is 1. The van der Waals surface area contributed by atoms with Gasteiger partial charge in [-0.2, -0.15) is 5.10 Å². The van der Waals surface area contributed by atoms with Gasteiger partial charge in [-0.3, -0.25) is 19.2 Å². The lowest BCUT2D eigenvalue weighted by molar-refractivity contribution is -0.127. The van der Waals surface area contributed by atoms with Gasteiger partial charge in [0.25, 0.3) is 5.91 Å². The standard InChI is InChI=1S/C26H30N4O2S/c1-17-11-12-20(14-18(17)2)30-24(31)22-15-21(23-10-7-13-33-23)28-29(22)16-26(30,3)25(32)27-19-8-5-4-6-9-19/h7,10-15,19H,4-6,8-9,16H2,1-3H3,(H,27,32)/t26-/m0/s1. The van der Waals surface area contributed by atoms with Crippen molar-refractivity contribution in [2.24, 2.45) is 0 Å². The molecule has 2 aromatic heterocycles. The third-order valence-corrected chi connectivity index (χ3v) is 8.00. The van der Waals surface area contributed by atoms with Gasteiger partial charge >= 0.3 is 0 Å². The summed E-state index contributed by atoms with van der Waals surface area (Å²) in [4.78, 5) is 30.4. The van der Waals surface area contributed by atoms with Gasteiger partial charge in [0.1, 0.15) is 16.9 Å². The first-order valence-electron chi connectivity index (χ1n) is 11.7. The number of fused-ring (bicyclic) bond motifs is 1. The third-order valence-electron chi connectivity index (χ3n) is 7.11. The van der Waals surface area contributed by atoms with E-state index >= 15 is 0 Å². The van der Waals surface area contributed by atoms with Crippen molar-refractivity contribution in [1.29, 1.82) is 0 Å². The summed E-state index contributed by atoms with van der Waals surface area (Å²) < 4.78 is 1.72. The molecule has 7 heteroatoms. The molecule has 1 fully saturated rings. The Bertz CT molecular complexity index is 1190. The molecule has 0 unspecified atom stereocenters. The molecule has 6 nitrogen and oxygen atoms in total. The first-order chi connectivity index (χ1) is 15.9. The molecule has 172 valence electrons. The van der Waals surface area contributed by atoms with E-state index in [2.05, 4.69) is 12.2 Å². The van der Waals surface area contributed by atoms with E-state index in [1.807, 2.05) is 55.6 Å². The minimum atomic E-state index is -1.08. The Hall–Kier alpha value is -2.93. The minimum Gasteiger partial charge on any atom is -0.351 e. The average molecular weight is 463 g/mol. The van der Waals surface area contributed by atoms with Crippen molar-refractivity contribution in [2.45, 2.75) is 71.0 Å². The summed E-state index contributed by atoms with van der Waals surface area (Å²) in [7, 11) is 0. The highest BCUT2D eigenvalue weighted by atomic mass is 32.1. The molecular weight excluding hydrogens is 432 g/mol. The molecule has 1 atom stereocenters. The first kappa shape index (κ1) is 21.9. The predicted octanol–water partition coefficient (Wildman–Crippen LogP) is 5.10. The Morgan fingerprint density at radius 3 is 2.61 bits per heavy atom. The van der Waals surface area contributed by atoms with Crippen molar-refractivity contribution in [3.05, 3.63) is 58.6 Å². The highest BCUT2D eigenvalue weighted by Gasteiger charge is 2.49. The van der Waals surface area contributed by atoms with Crippen LogP contribution in [-0.2, 0) is 11.3 Å². The summed E-state index contributed by atoms with van der Waals surface area (Å²) in [5, 5.41) is 9.99. The highest BCUT2D eigenvalue weighted by Crippen LogP contribution is 2.36. The predicted molar refractivity (Wildman–Crippen MR) is 132 cm³/mol. The molecule has 1 aromatic carbocycles. The van der Waals surface area contributed by atoms with Gasteiger partial charge in [-0.1, -0.05) is 31.4 Å². The number of hydrogen-bond acceptors (Lipinski definition) is 4. The van der Waals surface area contributed by atoms with E-state index in [1.54, 1.807) is 20.9 Å². The van der Waals surface area contributed by atoms with Crippen molar-refractivity contribution < 1.29 is 9.59 Å². The normalized spacial score (nSPS) is 21.2. The molecule has 0 radical (unpaired) electrons. The largest absolute Gasteiger partial charge is 0.351 e. The fourth-order valence-corrected chi connectivity index (χ4v) is 5.66. The number of benzene rings is 1. The summed E-state index contributed by atoms with van der Waals surface area (Å²) in [6.45, 7) is 6.26. The van der Waals surface area contributed by atoms with Gasteiger partial charge < -0.3 is 5.32 Å². The summed E-state index contributed by atoms with van der Waals surface area (Å²) in [5.41, 5.74) is 3.19. The zero-order valence-electron chi connectivity index (χ0n) is 19.4. The van der Waals surface area contributed by atoms with Crippen molar-refractivity contribution in [2.75, 3.05) is 4.90 Å². The number of aromatic nitrogens is 2. The molecule has 33 heavy (non-hydrogen) atoms. The van der Waals surface area contributed by atoms with E-state index in [0.717, 1.165) is 53.1 Å². The van der Waals surface area contributed by atoms with E-state index in [4.69, 9.17) is 5.10 Å². The van der Waals surface area contributed by atoms with Crippen LogP contribution in [0, 0.1) is 13.8 Å². The zero-order valence-corrected chi connectivity index (χ0v) is 20.2. The van der Waals surface area contributed by atoms with E-state index in [0.29, 0.717) is 12.2 Å². The van der Waals surface area contributed by atoms with Gasteiger partial charge in [0, 0.05) is 11.7 Å². The van der Waals surface area contributed by atoms with Crippen molar-refractivity contribution >= 4 is 28.8 Å². The summed E-state index contributed by atoms with van der Waals surface area (Å²) in [6.07, 6.45) is 5.48. The van der Waals surface area contributed by atoms with Crippen LogP contribution in [-0.4, -0.2) is 33.2 Å². The second kappa shape index (κ2) is 8.45. The minimum absolute atomic E-state index is 0.111. The van der Waals surface area contributed by atoms with Crippen LogP contribution in [0.2, 0.25) is 0 Å². The number of rotatable bonds is 4. The Labute approximate surface area is 198 Å². The molecule has 2 amide bonds. The smallest absolute Gasteiger partial charge is 0.277 e. The fourth-order valence-electron chi connectivity index (χ4n) is 4.98. The van der Waals surface area contributed by atoms with Crippen molar-refractivity contribution in [3.63, 3.8) is 0 Å². The van der Waals surface area contributed by atoms with Crippen LogP contribution in [0.25, 0.3) is 10.6 Å². The van der Waals surface area contributed by atoms with E-state index in [1.165, 1.54) is 6.42 Å². The van der Waals surface area contributed by atoms with Crippen LogP contribution < -0.4 is 10.2 Å². The molecule has 0 bridgehead atoms. The number of nitrogens with zero attached hydrogens (tertiary/aromatic N) is 3. The lowest BCUT2D eigenvalue weighted by Crippen LogP contribution is -2.65. The lowest BCUT2D eigenvalue weighted by atomic mass is 9.91. The maximum absolute atomic E-state index is 13.9. The van der Waals surface area contributed by atoms with E-state index in [9.17, 15) is 9.59 Å². The maximum atomic E-state index is 13.9. The molecule has 5 rings (SSSR count). The first-order valence-corrected chi connectivity index (χ1v) is 12.6. The van der Waals surface area contributed by atoms with Gasteiger partial charge in [-0.15, -0.1) is 11.3 Å². The second-order valence-electron chi connectivity index (χ2n) is 9.54. The van der Waals surface area contributed by atoms with Crippen LogP contribution in [0.4, 0.5) is 5.69 Å². The Balaban J connectivity index is 1.57. The molecule has 0 spiro atoms. The van der Waals surface area contributed by atoms with E-state index in [-0.39, 0.29) is 17.9 Å². The highest BCUT2D eigenvalue weighted by molar-refractivity contribution is 7.13. The molecule has 2 aliphatic rings. The van der Waals surface area contributed by atoms with Gasteiger partial charge in [0.15, 0.2) is 0 Å². The molecule has 1 N–H and O–H groups in total. The molecule has 0 saturated heterocycles. The molecule has 1 saturated carbocycles. The third kappa shape index (κ3) is 3.88. The second-order valence-corrected chi connectivity index (χ2v) is 10.5. The molecule has 1 aliphatic heterocycles. The summed E-state index contributed by atoms with van der Waals surface area (Å²) in [5.74, 6) is -0.305. The van der Waals surface area contributed by atoms with Crippen LogP contribution in [0.15, 0.2) is 41.8 Å². The summed E-state index contributed by atoms with van der Waals surface area (Å²) >= 11 is 1.59. The molecule has 3 aromatic rings. The summed E-state index contributed by atoms with van der Waals surface area (Å²) in [6, 6.07) is 12.0. The number of thiophene rings is 1. The zero-order chi connectivity index (χ0) is 23.2. The average Bonchev–Trinajstić information content (AvgIpc) is 3.47. The fraction of sp³-hybridized carbons (Fsp3) is 0.423. The number of hydrogen-bond donors (Lipinski definition) is 1. The van der Waals surface area contributed by atoms with Crippen LogP contribution in [0.1, 0.15) is 60.6 Å². The van der Waals surface area contributed by atoms with Crippen LogP contribution in [0.3, 0.4) is 0 Å². The maximum Gasteiger partial charge on any atom is 0.277 e. The Morgan fingerprint density at radius 2 is 1.91 bits per heavy atom. The number of aryl methyl sites for hydroxylation is 2. The van der Waals surface area contributed by atoms with Gasteiger partial charge in [-0.25, -0.2) is 0 Å². The van der Waals surface area contributed by atoms with Crippen LogP contribution >= 0.6 is 11.3 Å². The van der Waals surface area contributed by atoms with Gasteiger partial charge in [-0.05, 0) is 74.4 Å². The molecular formula is C26H30N4O2S. The monoisotopic (exact) mass is 462 g/mol. The van der Waals surface area contributed by atoms with Crippen molar-refractivity contribution in [3.8, 4) is 10.6 Å². The Morgan fingerprint density at radius 1 is 1.12 bits per heavy atom. The van der Waals surface area contributed by atoms with Crippen LogP contribution in [0.5, 0.6) is 0 Å². The van der Waals surface area contributed by atoms with Crippen molar-refractivity contribution in [1.82, 2.24) is 15.1 Å². The molecule has 3 heterocycles. The van der Waals surface area contributed by atoms with Gasteiger partial charge in [0.2, 0.25) is 5.91 Å². The number of anilines is 1. The molecule has 1 aliphatic carbocycles. The lowest BCUT2D eigenvalue weighted by Gasteiger charge is -2.44. The Kier molecular flexibility index (Phi) is 5.60.